The first-order chi connectivity index (χ1) is 6.16. The lowest BCUT2D eigenvalue weighted by molar-refractivity contribution is 0.0698. The van der Waals surface area contributed by atoms with Crippen LogP contribution in [0, 0.1) is 0 Å². The molecule has 0 aliphatic heterocycles. The van der Waals surface area contributed by atoms with Gasteiger partial charge in [0.25, 0.3) is 0 Å². The molecule has 0 aliphatic carbocycles. The zero-order valence-corrected chi connectivity index (χ0v) is 7.06. The second-order valence-electron chi connectivity index (χ2n) is 2.13. The van der Waals surface area contributed by atoms with Crippen molar-refractivity contribution in [3.8, 4) is 0 Å². The number of aromatic carboxylic acids is 1. The lowest BCUT2D eigenvalue weighted by Gasteiger charge is -2.00. The topological polar surface area (TPSA) is 86.1 Å². The maximum Gasteiger partial charge on any atom is 0.337 e. The highest BCUT2D eigenvalue weighted by Crippen LogP contribution is 2.26. The van der Waals surface area contributed by atoms with Crippen molar-refractivity contribution in [2.75, 3.05) is 0 Å². The van der Waals surface area contributed by atoms with Gasteiger partial charge in [0, 0.05) is 4.91 Å². The van der Waals surface area contributed by atoms with Gasteiger partial charge in [-0.15, -0.1) is 0 Å². The van der Waals surface area contributed by atoms with Gasteiger partial charge in [-0.2, -0.15) is 0 Å². The van der Waals surface area contributed by atoms with E-state index < -0.39 is 5.97 Å². The zero-order valence-electron chi connectivity index (χ0n) is 6.31. The van der Waals surface area contributed by atoms with Gasteiger partial charge in [0.05, 0.1) is 16.3 Å². The molecular weight excluding hydrogens is 194 g/mol. The van der Waals surface area contributed by atoms with E-state index in [9.17, 15) is 4.79 Å². The molecule has 66 valence electrons. The van der Waals surface area contributed by atoms with E-state index in [0.29, 0.717) is 0 Å². The Balaban J connectivity index is 3.42. The van der Waals surface area contributed by atoms with Gasteiger partial charge < -0.3 is 5.11 Å². The molecular formula is C7H4ClN3O2. The van der Waals surface area contributed by atoms with E-state index in [1.54, 1.807) is 0 Å². The number of nitrogens with zero attached hydrogens (tertiary/aromatic N) is 3. The Morgan fingerprint density at radius 1 is 1.62 bits per heavy atom. The minimum absolute atomic E-state index is 0.0162. The third kappa shape index (κ3) is 1.90. The van der Waals surface area contributed by atoms with Crippen molar-refractivity contribution >= 4 is 23.3 Å². The smallest absolute Gasteiger partial charge is 0.337 e. The highest BCUT2D eigenvalue weighted by Gasteiger charge is 2.12. The quantitative estimate of drug-likeness (QED) is 0.449. The summed E-state index contributed by atoms with van der Waals surface area (Å²) in [6.45, 7) is 0. The van der Waals surface area contributed by atoms with Gasteiger partial charge in [-0.3, -0.25) is 0 Å². The van der Waals surface area contributed by atoms with E-state index in [-0.39, 0.29) is 16.3 Å². The molecule has 1 aromatic carbocycles. The Labute approximate surface area is 78.2 Å². The summed E-state index contributed by atoms with van der Waals surface area (Å²) >= 11 is 5.60. The molecule has 0 bridgehead atoms. The van der Waals surface area contributed by atoms with Crippen LogP contribution in [-0.2, 0) is 0 Å². The van der Waals surface area contributed by atoms with Gasteiger partial charge in [-0.1, -0.05) is 28.8 Å². The normalized spacial score (nSPS) is 9.00. The highest BCUT2D eigenvalue weighted by atomic mass is 35.5. The molecule has 0 atom stereocenters. The van der Waals surface area contributed by atoms with E-state index in [1.165, 1.54) is 18.2 Å². The van der Waals surface area contributed by atoms with Gasteiger partial charge in [0.15, 0.2) is 0 Å². The van der Waals surface area contributed by atoms with Gasteiger partial charge in [-0.05, 0) is 11.6 Å². The molecule has 1 N–H and O–H groups in total. The summed E-state index contributed by atoms with van der Waals surface area (Å²) in [7, 11) is 0. The van der Waals surface area contributed by atoms with Crippen molar-refractivity contribution in [3.05, 3.63) is 39.2 Å². The van der Waals surface area contributed by atoms with Gasteiger partial charge >= 0.3 is 5.97 Å². The second-order valence-corrected chi connectivity index (χ2v) is 2.54. The fraction of sp³-hybridized carbons (Fsp3) is 0. The van der Waals surface area contributed by atoms with Crippen LogP contribution in [-0.4, -0.2) is 11.1 Å². The molecule has 0 aliphatic rings. The number of hydrogen-bond donors (Lipinski definition) is 1. The first-order valence-corrected chi connectivity index (χ1v) is 3.61. The number of carbonyl (C=O) groups is 1. The number of azide groups is 1. The molecule has 0 spiro atoms. The fourth-order valence-corrected chi connectivity index (χ4v) is 1.11. The third-order valence-corrected chi connectivity index (χ3v) is 1.67. The molecule has 0 radical (unpaired) electrons. The standard InChI is InChI=1S/C7H4ClN3O2/c8-4-2-1-3-5(10-11-9)6(4)7(12)13/h1-3H,(H,12,13). The van der Waals surface area contributed by atoms with Crippen LogP contribution in [0.25, 0.3) is 10.4 Å². The summed E-state index contributed by atoms with van der Waals surface area (Å²) in [6, 6.07) is 4.31. The summed E-state index contributed by atoms with van der Waals surface area (Å²) in [5.74, 6) is -1.21. The van der Waals surface area contributed by atoms with Crippen molar-refractivity contribution in [1.29, 1.82) is 0 Å². The molecule has 0 aromatic heterocycles. The van der Waals surface area contributed by atoms with Gasteiger partial charge in [-0.25, -0.2) is 4.79 Å². The van der Waals surface area contributed by atoms with Crippen molar-refractivity contribution in [1.82, 2.24) is 0 Å². The van der Waals surface area contributed by atoms with E-state index >= 15 is 0 Å². The van der Waals surface area contributed by atoms with Crippen LogP contribution in [0.3, 0.4) is 0 Å². The molecule has 1 aromatic rings. The molecule has 6 heteroatoms. The minimum atomic E-state index is -1.21. The average Bonchev–Trinajstić information content (AvgIpc) is 2.04. The van der Waals surface area contributed by atoms with Crippen LogP contribution in [0.15, 0.2) is 23.3 Å². The average molecular weight is 198 g/mol. The molecule has 0 amide bonds. The van der Waals surface area contributed by atoms with Crippen molar-refractivity contribution in [2.24, 2.45) is 5.11 Å². The zero-order chi connectivity index (χ0) is 9.84. The molecule has 0 saturated heterocycles. The number of carboxylic acids is 1. The van der Waals surface area contributed by atoms with Crippen LogP contribution in [0.2, 0.25) is 5.02 Å². The van der Waals surface area contributed by atoms with Gasteiger partial charge in [0.1, 0.15) is 0 Å². The molecule has 0 unspecified atom stereocenters. The number of halogens is 1. The Morgan fingerprint density at radius 3 is 2.85 bits per heavy atom. The van der Waals surface area contributed by atoms with Crippen LogP contribution in [0.4, 0.5) is 5.69 Å². The Hall–Kier alpha value is -1.71. The summed E-state index contributed by atoms with van der Waals surface area (Å²) < 4.78 is 0. The van der Waals surface area contributed by atoms with Crippen LogP contribution >= 0.6 is 11.6 Å². The highest BCUT2D eigenvalue weighted by molar-refractivity contribution is 6.34. The Morgan fingerprint density at radius 2 is 2.31 bits per heavy atom. The van der Waals surface area contributed by atoms with Gasteiger partial charge in [0.2, 0.25) is 0 Å². The maximum atomic E-state index is 10.6. The van der Waals surface area contributed by atoms with Crippen LogP contribution < -0.4 is 0 Å². The Kier molecular flexibility index (Phi) is 2.74. The van der Waals surface area contributed by atoms with E-state index in [0.717, 1.165) is 0 Å². The lowest BCUT2D eigenvalue weighted by atomic mass is 10.2. The Bertz CT molecular complexity index is 399. The predicted octanol–water partition coefficient (Wildman–Crippen LogP) is 2.98. The fourth-order valence-electron chi connectivity index (χ4n) is 0.856. The van der Waals surface area contributed by atoms with Crippen LogP contribution in [0.5, 0.6) is 0 Å². The SMILES string of the molecule is [N-]=[N+]=Nc1cccc(Cl)c1C(=O)O. The van der Waals surface area contributed by atoms with Crippen molar-refractivity contribution < 1.29 is 9.90 Å². The second kappa shape index (κ2) is 3.80. The summed E-state index contributed by atoms with van der Waals surface area (Å²) in [4.78, 5) is 13.1. The number of rotatable bonds is 2. The summed E-state index contributed by atoms with van der Waals surface area (Å²) in [5.41, 5.74) is 7.98. The molecule has 0 fully saturated rings. The van der Waals surface area contributed by atoms with E-state index in [2.05, 4.69) is 10.0 Å². The molecule has 13 heavy (non-hydrogen) atoms. The maximum absolute atomic E-state index is 10.6. The first kappa shape index (κ1) is 9.38. The monoisotopic (exact) mass is 197 g/mol. The van der Waals surface area contributed by atoms with Crippen molar-refractivity contribution in [3.63, 3.8) is 0 Å². The number of hydrogen-bond acceptors (Lipinski definition) is 2. The predicted molar refractivity (Wildman–Crippen MR) is 47.2 cm³/mol. The largest absolute Gasteiger partial charge is 0.478 e. The number of benzene rings is 1. The molecule has 0 heterocycles. The molecule has 5 nitrogen and oxygen atoms in total. The summed E-state index contributed by atoms with van der Waals surface area (Å²) in [5, 5.41) is 12.0. The number of carboxylic acid groups (broad SMARTS) is 1. The van der Waals surface area contributed by atoms with Crippen molar-refractivity contribution in [2.45, 2.75) is 0 Å². The first-order valence-electron chi connectivity index (χ1n) is 3.23. The third-order valence-electron chi connectivity index (χ3n) is 1.36. The summed E-state index contributed by atoms with van der Waals surface area (Å²) in [6.07, 6.45) is 0. The molecule has 0 saturated carbocycles. The molecule has 1 rings (SSSR count). The van der Waals surface area contributed by atoms with E-state index in [1.807, 2.05) is 0 Å². The minimum Gasteiger partial charge on any atom is -0.478 e. The van der Waals surface area contributed by atoms with Crippen LogP contribution in [0.1, 0.15) is 10.4 Å². The lowest BCUT2D eigenvalue weighted by Crippen LogP contribution is -1.97. The van der Waals surface area contributed by atoms with E-state index in [4.69, 9.17) is 22.2 Å².